The Morgan fingerprint density at radius 2 is 1.80 bits per heavy atom. The van der Waals surface area contributed by atoms with E-state index in [2.05, 4.69) is 5.32 Å². The molecule has 4 rings (SSSR count). The fourth-order valence-corrected chi connectivity index (χ4v) is 5.91. The Kier molecular flexibility index (Phi) is 5.62. The molecular formula is C24H30N2O3S. The summed E-state index contributed by atoms with van der Waals surface area (Å²) in [7, 11) is -3.45. The lowest BCUT2D eigenvalue weighted by Gasteiger charge is -2.25. The number of carbonyl (C=O) groups excluding carboxylic acids is 1. The minimum absolute atomic E-state index is 0.0337. The molecule has 0 unspecified atom stereocenters. The van der Waals surface area contributed by atoms with Crippen LogP contribution in [-0.4, -0.2) is 26.6 Å². The topological polar surface area (TPSA) is 66.5 Å². The number of nitrogens with one attached hydrogen (secondary N) is 1. The van der Waals surface area contributed by atoms with E-state index in [0.29, 0.717) is 23.2 Å². The molecule has 2 aromatic carbocycles. The van der Waals surface area contributed by atoms with Crippen LogP contribution >= 0.6 is 0 Å². The van der Waals surface area contributed by atoms with E-state index in [-0.39, 0.29) is 12.5 Å². The fraction of sp³-hybridized carbons (Fsp3) is 0.458. The zero-order chi connectivity index (χ0) is 21.5. The molecule has 2 aliphatic carbocycles. The standard InChI is InChI=1S/C24H30N2O3S/c1-16-4-5-17(2)23(12-16)26(30(3,28)29)15-18-6-9-20(10-7-18)24(27)25-22-14-19-8-11-21(22)13-19/h4-7,9-10,12,19,21-22H,8,11,13-15H2,1-3H3,(H,25,27)/t19-,21-,22-/m1/s1. The highest BCUT2D eigenvalue weighted by molar-refractivity contribution is 7.92. The Bertz CT molecular complexity index is 1050. The van der Waals surface area contributed by atoms with E-state index in [0.717, 1.165) is 29.0 Å². The van der Waals surface area contributed by atoms with Gasteiger partial charge < -0.3 is 5.32 Å². The molecule has 1 amide bonds. The summed E-state index contributed by atoms with van der Waals surface area (Å²) in [5.74, 6) is 1.39. The molecule has 160 valence electrons. The van der Waals surface area contributed by atoms with E-state index in [1.54, 1.807) is 12.1 Å². The maximum absolute atomic E-state index is 12.7. The summed E-state index contributed by atoms with van der Waals surface area (Å²) in [5.41, 5.74) is 4.08. The van der Waals surface area contributed by atoms with Crippen molar-refractivity contribution in [1.29, 1.82) is 0 Å². The van der Waals surface area contributed by atoms with E-state index in [1.165, 1.54) is 29.8 Å². The summed E-state index contributed by atoms with van der Waals surface area (Å²) in [6.07, 6.45) is 6.13. The Balaban J connectivity index is 1.48. The molecule has 2 aromatic rings. The molecule has 6 heteroatoms. The van der Waals surface area contributed by atoms with Crippen molar-refractivity contribution in [3.8, 4) is 0 Å². The van der Waals surface area contributed by atoms with Crippen LogP contribution in [0.3, 0.4) is 0 Å². The number of benzene rings is 2. The molecule has 2 fully saturated rings. The molecule has 1 N–H and O–H groups in total. The van der Waals surface area contributed by atoms with Crippen molar-refractivity contribution in [1.82, 2.24) is 5.32 Å². The number of sulfonamides is 1. The second-order valence-corrected chi connectivity index (χ2v) is 10.9. The lowest BCUT2D eigenvalue weighted by molar-refractivity contribution is 0.0923. The Morgan fingerprint density at radius 3 is 2.40 bits per heavy atom. The quantitative estimate of drug-likeness (QED) is 0.753. The monoisotopic (exact) mass is 426 g/mol. The zero-order valence-corrected chi connectivity index (χ0v) is 18.7. The molecular weight excluding hydrogens is 396 g/mol. The second-order valence-electron chi connectivity index (χ2n) is 9.01. The van der Waals surface area contributed by atoms with Crippen LogP contribution in [0, 0.1) is 25.7 Å². The Labute approximate surface area is 179 Å². The first-order valence-corrected chi connectivity index (χ1v) is 12.5. The van der Waals surface area contributed by atoms with Crippen LogP contribution in [0.2, 0.25) is 0 Å². The fourth-order valence-electron chi connectivity index (χ4n) is 4.97. The summed E-state index contributed by atoms with van der Waals surface area (Å²) in [6, 6.07) is 13.4. The van der Waals surface area contributed by atoms with Crippen LogP contribution in [-0.2, 0) is 16.6 Å². The van der Waals surface area contributed by atoms with E-state index in [1.807, 2.05) is 44.2 Å². The normalized spacial score (nSPS) is 22.8. The molecule has 5 nitrogen and oxygen atoms in total. The predicted octanol–water partition coefficient (Wildman–Crippen LogP) is 4.19. The van der Waals surface area contributed by atoms with Crippen molar-refractivity contribution in [3.05, 3.63) is 64.7 Å². The highest BCUT2D eigenvalue weighted by Gasteiger charge is 2.40. The minimum atomic E-state index is -3.45. The number of fused-ring (bicyclic) bond motifs is 2. The first-order chi connectivity index (χ1) is 14.2. The van der Waals surface area contributed by atoms with Crippen molar-refractivity contribution in [2.75, 3.05) is 10.6 Å². The maximum atomic E-state index is 12.7. The van der Waals surface area contributed by atoms with Gasteiger partial charge in [0.25, 0.3) is 5.91 Å². The Morgan fingerprint density at radius 1 is 1.07 bits per heavy atom. The van der Waals surface area contributed by atoms with Gasteiger partial charge in [0.1, 0.15) is 0 Å². The van der Waals surface area contributed by atoms with Gasteiger partial charge in [-0.05, 0) is 79.8 Å². The Hall–Kier alpha value is -2.34. The molecule has 0 heterocycles. The van der Waals surface area contributed by atoms with Gasteiger partial charge in [0, 0.05) is 11.6 Å². The third kappa shape index (κ3) is 4.38. The summed E-state index contributed by atoms with van der Waals surface area (Å²) in [4.78, 5) is 12.7. The van der Waals surface area contributed by atoms with Gasteiger partial charge in [-0.1, -0.05) is 30.7 Å². The summed E-state index contributed by atoms with van der Waals surface area (Å²) in [5, 5.41) is 3.21. The maximum Gasteiger partial charge on any atom is 0.251 e. The van der Waals surface area contributed by atoms with Crippen molar-refractivity contribution < 1.29 is 13.2 Å². The van der Waals surface area contributed by atoms with Crippen molar-refractivity contribution in [3.63, 3.8) is 0 Å². The summed E-state index contributed by atoms with van der Waals surface area (Å²) in [6.45, 7) is 4.10. The van der Waals surface area contributed by atoms with Gasteiger partial charge in [0.05, 0.1) is 18.5 Å². The number of aryl methyl sites for hydroxylation is 2. The highest BCUT2D eigenvalue weighted by Crippen LogP contribution is 2.44. The average Bonchev–Trinajstić information content (AvgIpc) is 3.31. The highest BCUT2D eigenvalue weighted by atomic mass is 32.2. The molecule has 2 bridgehead atoms. The number of rotatable bonds is 6. The lowest BCUT2D eigenvalue weighted by Crippen LogP contribution is -2.38. The molecule has 0 radical (unpaired) electrons. The number of hydrogen-bond acceptors (Lipinski definition) is 3. The molecule has 0 aromatic heterocycles. The largest absolute Gasteiger partial charge is 0.349 e. The average molecular weight is 427 g/mol. The van der Waals surface area contributed by atoms with Gasteiger partial charge in [-0.2, -0.15) is 0 Å². The van der Waals surface area contributed by atoms with Crippen LogP contribution in [0.1, 0.15) is 52.7 Å². The van der Waals surface area contributed by atoms with Crippen LogP contribution in [0.25, 0.3) is 0 Å². The SMILES string of the molecule is Cc1ccc(C)c(N(Cc2ccc(C(=O)N[C@@H]3C[C@@H]4CC[C@@H]3C4)cc2)S(C)(=O)=O)c1. The van der Waals surface area contributed by atoms with Crippen LogP contribution < -0.4 is 9.62 Å². The second kappa shape index (κ2) is 8.06. The van der Waals surface area contributed by atoms with Gasteiger partial charge in [0.2, 0.25) is 10.0 Å². The van der Waals surface area contributed by atoms with E-state index in [9.17, 15) is 13.2 Å². The number of amides is 1. The molecule has 0 spiro atoms. The molecule has 2 aliphatic rings. The number of carbonyl (C=O) groups is 1. The summed E-state index contributed by atoms with van der Waals surface area (Å²) < 4.78 is 26.4. The molecule has 0 saturated heterocycles. The molecule has 0 aliphatic heterocycles. The van der Waals surface area contributed by atoms with Crippen molar-refractivity contribution in [2.24, 2.45) is 11.8 Å². The molecule has 3 atom stereocenters. The first kappa shape index (κ1) is 20.9. The number of nitrogens with zero attached hydrogens (tertiary/aromatic N) is 1. The third-order valence-electron chi connectivity index (χ3n) is 6.63. The predicted molar refractivity (Wildman–Crippen MR) is 120 cm³/mol. The third-order valence-corrected chi connectivity index (χ3v) is 7.76. The van der Waals surface area contributed by atoms with Gasteiger partial charge in [-0.25, -0.2) is 8.42 Å². The van der Waals surface area contributed by atoms with Gasteiger partial charge in [-0.15, -0.1) is 0 Å². The van der Waals surface area contributed by atoms with Crippen molar-refractivity contribution in [2.45, 2.75) is 52.1 Å². The first-order valence-electron chi connectivity index (χ1n) is 10.7. The van der Waals surface area contributed by atoms with Crippen LogP contribution in [0.4, 0.5) is 5.69 Å². The van der Waals surface area contributed by atoms with Gasteiger partial charge in [-0.3, -0.25) is 9.10 Å². The molecule has 30 heavy (non-hydrogen) atoms. The zero-order valence-electron chi connectivity index (χ0n) is 17.9. The number of hydrogen-bond donors (Lipinski definition) is 1. The van der Waals surface area contributed by atoms with E-state index >= 15 is 0 Å². The van der Waals surface area contributed by atoms with Crippen LogP contribution in [0.15, 0.2) is 42.5 Å². The van der Waals surface area contributed by atoms with E-state index < -0.39 is 10.0 Å². The molecule has 2 saturated carbocycles. The van der Waals surface area contributed by atoms with E-state index in [4.69, 9.17) is 0 Å². The number of anilines is 1. The van der Waals surface area contributed by atoms with Crippen molar-refractivity contribution >= 4 is 21.6 Å². The van der Waals surface area contributed by atoms with Gasteiger partial charge >= 0.3 is 0 Å². The summed E-state index contributed by atoms with van der Waals surface area (Å²) >= 11 is 0. The van der Waals surface area contributed by atoms with Gasteiger partial charge in [0.15, 0.2) is 0 Å². The lowest BCUT2D eigenvalue weighted by atomic mass is 9.95. The minimum Gasteiger partial charge on any atom is -0.349 e. The van der Waals surface area contributed by atoms with Crippen LogP contribution in [0.5, 0.6) is 0 Å². The smallest absolute Gasteiger partial charge is 0.251 e.